The van der Waals surface area contributed by atoms with Crippen LogP contribution in [-0.2, 0) is 4.79 Å². The van der Waals surface area contributed by atoms with E-state index in [0.29, 0.717) is 39.1 Å². The van der Waals surface area contributed by atoms with Gasteiger partial charge in [0.1, 0.15) is 11.5 Å². The topological polar surface area (TPSA) is 88.1 Å². The molecule has 0 spiro atoms. The van der Waals surface area contributed by atoms with E-state index in [1.54, 1.807) is 12.0 Å². The lowest BCUT2D eigenvalue weighted by atomic mass is 9.81. The maximum absolute atomic E-state index is 12.3. The number of likely N-dealkylation sites (tertiary alicyclic amines) is 1. The predicted molar refractivity (Wildman–Crippen MR) is 95.5 cm³/mol. The molecule has 2 atom stereocenters. The standard InChI is InChI=1S/C19H26N2O5/c1-25-15-5-7-16(8-6-15)26-11-3-10-20-18(24)21-12-14-4-2-9-19(14,13-21)17(22)23/h5-8,14H,2-4,9-13H2,1H3,(H,20,24)(H,22,23)/t14-,19+/m0/s1. The number of carbonyl (C=O) groups excluding carboxylic acids is 1. The fourth-order valence-electron chi connectivity index (χ4n) is 4.03. The van der Waals surface area contributed by atoms with Crippen LogP contribution in [0.5, 0.6) is 11.5 Å². The minimum absolute atomic E-state index is 0.0872. The van der Waals surface area contributed by atoms with Crippen molar-refractivity contribution in [2.24, 2.45) is 11.3 Å². The molecule has 1 saturated heterocycles. The molecule has 3 rings (SSSR count). The van der Waals surface area contributed by atoms with Gasteiger partial charge in [0.15, 0.2) is 0 Å². The van der Waals surface area contributed by atoms with E-state index in [4.69, 9.17) is 9.47 Å². The predicted octanol–water partition coefficient (Wildman–Crippen LogP) is 2.36. The van der Waals surface area contributed by atoms with E-state index in [9.17, 15) is 14.7 Å². The van der Waals surface area contributed by atoms with Crippen LogP contribution in [0.1, 0.15) is 25.7 Å². The monoisotopic (exact) mass is 362 g/mol. The molecule has 1 saturated carbocycles. The molecule has 2 fully saturated rings. The Morgan fingerprint density at radius 2 is 2.04 bits per heavy atom. The second-order valence-corrected chi connectivity index (χ2v) is 7.04. The Balaban J connectivity index is 1.37. The second-order valence-electron chi connectivity index (χ2n) is 7.04. The minimum atomic E-state index is -0.761. The number of carbonyl (C=O) groups is 2. The van der Waals surface area contributed by atoms with Gasteiger partial charge in [-0.05, 0) is 49.4 Å². The number of aliphatic carboxylic acids is 1. The summed E-state index contributed by atoms with van der Waals surface area (Å²) in [6, 6.07) is 7.17. The number of nitrogens with zero attached hydrogens (tertiary/aromatic N) is 1. The molecule has 1 aliphatic carbocycles. The average molecular weight is 362 g/mol. The summed E-state index contributed by atoms with van der Waals surface area (Å²) in [7, 11) is 1.62. The molecule has 2 aliphatic rings. The molecular formula is C19H26N2O5. The number of carboxylic acid groups (broad SMARTS) is 1. The largest absolute Gasteiger partial charge is 0.497 e. The fraction of sp³-hybridized carbons (Fsp3) is 0.579. The molecular weight excluding hydrogens is 336 g/mol. The summed E-state index contributed by atoms with van der Waals surface area (Å²) in [5.41, 5.74) is -0.727. The molecule has 26 heavy (non-hydrogen) atoms. The van der Waals surface area contributed by atoms with Crippen molar-refractivity contribution in [3.05, 3.63) is 24.3 Å². The van der Waals surface area contributed by atoms with Crippen LogP contribution in [0.2, 0.25) is 0 Å². The summed E-state index contributed by atoms with van der Waals surface area (Å²) in [4.78, 5) is 25.6. The summed E-state index contributed by atoms with van der Waals surface area (Å²) >= 11 is 0. The first-order chi connectivity index (χ1) is 12.5. The summed E-state index contributed by atoms with van der Waals surface area (Å²) in [6.07, 6.45) is 3.19. The lowest BCUT2D eigenvalue weighted by Crippen LogP contribution is -2.42. The number of nitrogens with one attached hydrogen (secondary N) is 1. The first-order valence-corrected chi connectivity index (χ1v) is 9.08. The third kappa shape index (κ3) is 3.71. The highest BCUT2D eigenvalue weighted by Gasteiger charge is 2.55. The van der Waals surface area contributed by atoms with Gasteiger partial charge in [-0.2, -0.15) is 0 Å². The number of fused-ring (bicyclic) bond motifs is 1. The summed E-state index contributed by atoms with van der Waals surface area (Å²) < 4.78 is 10.7. The second kappa shape index (κ2) is 7.85. The Morgan fingerprint density at radius 1 is 1.31 bits per heavy atom. The zero-order valence-electron chi connectivity index (χ0n) is 15.1. The van der Waals surface area contributed by atoms with Crippen molar-refractivity contribution < 1.29 is 24.2 Å². The van der Waals surface area contributed by atoms with Gasteiger partial charge in [-0.15, -0.1) is 0 Å². The first-order valence-electron chi connectivity index (χ1n) is 9.08. The highest BCUT2D eigenvalue weighted by atomic mass is 16.5. The average Bonchev–Trinajstić information content (AvgIpc) is 3.20. The smallest absolute Gasteiger partial charge is 0.317 e. The van der Waals surface area contributed by atoms with Crippen molar-refractivity contribution in [3.8, 4) is 11.5 Å². The van der Waals surface area contributed by atoms with E-state index < -0.39 is 11.4 Å². The van der Waals surface area contributed by atoms with Crippen molar-refractivity contribution in [2.45, 2.75) is 25.7 Å². The Bertz CT molecular complexity index is 648. The van der Waals surface area contributed by atoms with Crippen LogP contribution in [0.15, 0.2) is 24.3 Å². The number of methoxy groups -OCH3 is 1. The number of carboxylic acids is 1. The maximum atomic E-state index is 12.3. The molecule has 2 amide bonds. The van der Waals surface area contributed by atoms with Crippen molar-refractivity contribution in [1.82, 2.24) is 10.2 Å². The van der Waals surface area contributed by atoms with Gasteiger partial charge >= 0.3 is 12.0 Å². The van der Waals surface area contributed by atoms with E-state index in [-0.39, 0.29) is 11.9 Å². The van der Waals surface area contributed by atoms with Crippen LogP contribution in [0.4, 0.5) is 4.79 Å². The normalized spacial score (nSPS) is 24.2. The van der Waals surface area contributed by atoms with E-state index >= 15 is 0 Å². The van der Waals surface area contributed by atoms with Gasteiger partial charge < -0.3 is 24.8 Å². The molecule has 1 aliphatic heterocycles. The Kier molecular flexibility index (Phi) is 5.54. The van der Waals surface area contributed by atoms with Gasteiger partial charge in [-0.1, -0.05) is 6.42 Å². The molecule has 142 valence electrons. The summed E-state index contributed by atoms with van der Waals surface area (Å²) in [5, 5.41) is 12.4. The number of benzene rings is 1. The highest BCUT2D eigenvalue weighted by molar-refractivity contribution is 5.80. The highest BCUT2D eigenvalue weighted by Crippen LogP contribution is 2.48. The summed E-state index contributed by atoms with van der Waals surface area (Å²) in [6.45, 7) is 1.85. The SMILES string of the molecule is COc1ccc(OCCCNC(=O)N2C[C@@H]3CCC[C@@]3(C(=O)O)C2)cc1. The van der Waals surface area contributed by atoms with Crippen LogP contribution >= 0.6 is 0 Å². The van der Waals surface area contributed by atoms with Crippen LogP contribution in [0.25, 0.3) is 0 Å². The fourth-order valence-corrected chi connectivity index (χ4v) is 4.03. The van der Waals surface area contributed by atoms with E-state index in [2.05, 4.69) is 5.32 Å². The van der Waals surface area contributed by atoms with E-state index in [1.807, 2.05) is 24.3 Å². The number of hydrogen-bond donors (Lipinski definition) is 2. The molecule has 0 unspecified atom stereocenters. The zero-order valence-corrected chi connectivity index (χ0v) is 15.1. The molecule has 0 radical (unpaired) electrons. The first kappa shape index (κ1) is 18.4. The lowest BCUT2D eigenvalue weighted by Gasteiger charge is -2.23. The zero-order chi connectivity index (χ0) is 18.6. The molecule has 0 aromatic heterocycles. The number of ether oxygens (including phenoxy) is 2. The molecule has 7 heteroatoms. The summed E-state index contributed by atoms with van der Waals surface area (Å²) in [5.74, 6) is 0.861. The maximum Gasteiger partial charge on any atom is 0.317 e. The van der Waals surface area contributed by atoms with Crippen molar-refractivity contribution in [2.75, 3.05) is 33.4 Å². The molecule has 7 nitrogen and oxygen atoms in total. The molecule has 1 aromatic rings. The Labute approximate surface area is 153 Å². The molecule has 2 N–H and O–H groups in total. The van der Waals surface area contributed by atoms with Gasteiger partial charge in [0.25, 0.3) is 0 Å². The number of amides is 2. The Morgan fingerprint density at radius 3 is 2.69 bits per heavy atom. The number of urea groups is 1. The molecule has 1 heterocycles. The third-order valence-electron chi connectivity index (χ3n) is 5.51. The van der Waals surface area contributed by atoms with E-state index in [1.165, 1.54) is 0 Å². The van der Waals surface area contributed by atoms with Gasteiger partial charge in [0.2, 0.25) is 0 Å². The van der Waals surface area contributed by atoms with Gasteiger partial charge in [0, 0.05) is 19.6 Å². The molecule has 0 bridgehead atoms. The third-order valence-corrected chi connectivity index (χ3v) is 5.51. The number of hydrogen-bond acceptors (Lipinski definition) is 4. The quantitative estimate of drug-likeness (QED) is 0.727. The van der Waals surface area contributed by atoms with Crippen LogP contribution in [0.3, 0.4) is 0 Å². The Hall–Kier alpha value is -2.44. The van der Waals surface area contributed by atoms with E-state index in [0.717, 1.165) is 24.3 Å². The van der Waals surface area contributed by atoms with Gasteiger partial charge in [0.05, 0.1) is 19.1 Å². The molecule has 1 aromatic carbocycles. The van der Waals surface area contributed by atoms with Crippen LogP contribution in [-0.4, -0.2) is 55.4 Å². The van der Waals surface area contributed by atoms with Gasteiger partial charge in [-0.25, -0.2) is 4.79 Å². The van der Waals surface area contributed by atoms with Crippen LogP contribution < -0.4 is 14.8 Å². The minimum Gasteiger partial charge on any atom is -0.497 e. The van der Waals surface area contributed by atoms with Crippen molar-refractivity contribution >= 4 is 12.0 Å². The lowest BCUT2D eigenvalue weighted by molar-refractivity contribution is -0.149. The van der Waals surface area contributed by atoms with Crippen molar-refractivity contribution in [1.29, 1.82) is 0 Å². The number of rotatable bonds is 7. The van der Waals surface area contributed by atoms with Crippen molar-refractivity contribution in [3.63, 3.8) is 0 Å². The van der Waals surface area contributed by atoms with Gasteiger partial charge in [-0.3, -0.25) is 4.79 Å². The van der Waals surface area contributed by atoms with Crippen LogP contribution in [0, 0.1) is 11.3 Å².